The molecule has 0 radical (unpaired) electrons. The van der Waals surface area contributed by atoms with Gasteiger partial charge in [-0.3, -0.25) is 5.10 Å². The number of aromatic nitrogens is 2. The molecule has 6 nitrogen and oxygen atoms in total. The molecule has 1 aromatic heterocycles. The van der Waals surface area contributed by atoms with Crippen molar-refractivity contribution in [3.63, 3.8) is 0 Å². The standard InChI is InChI=1S/C12H22N4O2S/c1-8(6-10-4-5-10)16-19(17,18)12-9(2)14-15-11(12)7-13-3/h8,10,13,16H,4-7H2,1-3H3,(H,14,15). The predicted molar refractivity (Wildman–Crippen MR) is 73.2 cm³/mol. The molecular formula is C12H22N4O2S. The predicted octanol–water partition coefficient (Wildman–Crippen LogP) is 0.904. The lowest BCUT2D eigenvalue weighted by atomic mass is 10.2. The smallest absolute Gasteiger partial charge is 0.244 e. The van der Waals surface area contributed by atoms with Crippen LogP contribution in [-0.2, 0) is 16.6 Å². The van der Waals surface area contributed by atoms with Crippen molar-refractivity contribution in [3.05, 3.63) is 11.4 Å². The summed E-state index contributed by atoms with van der Waals surface area (Å²) in [7, 11) is -1.73. The van der Waals surface area contributed by atoms with Crippen LogP contribution in [0.25, 0.3) is 0 Å². The van der Waals surface area contributed by atoms with Crippen molar-refractivity contribution in [3.8, 4) is 0 Å². The first-order chi connectivity index (χ1) is 8.94. The molecule has 3 N–H and O–H groups in total. The highest BCUT2D eigenvalue weighted by atomic mass is 32.2. The summed E-state index contributed by atoms with van der Waals surface area (Å²) in [5, 5.41) is 9.72. The van der Waals surface area contributed by atoms with Crippen molar-refractivity contribution in [2.45, 2.75) is 50.6 Å². The molecular weight excluding hydrogens is 264 g/mol. The minimum atomic E-state index is -3.50. The van der Waals surface area contributed by atoms with Gasteiger partial charge in [0.2, 0.25) is 10.0 Å². The lowest BCUT2D eigenvalue weighted by Crippen LogP contribution is -2.33. The molecule has 7 heteroatoms. The zero-order valence-corrected chi connectivity index (χ0v) is 12.5. The molecule has 1 heterocycles. The average molecular weight is 286 g/mol. The van der Waals surface area contributed by atoms with E-state index < -0.39 is 10.0 Å². The molecule has 0 saturated heterocycles. The highest BCUT2D eigenvalue weighted by molar-refractivity contribution is 7.89. The summed E-state index contributed by atoms with van der Waals surface area (Å²) in [5.41, 5.74) is 1.11. The van der Waals surface area contributed by atoms with Gasteiger partial charge in [-0.2, -0.15) is 5.10 Å². The van der Waals surface area contributed by atoms with E-state index in [1.165, 1.54) is 12.8 Å². The topological polar surface area (TPSA) is 86.9 Å². The Kier molecular flexibility index (Phi) is 4.27. The van der Waals surface area contributed by atoms with Gasteiger partial charge >= 0.3 is 0 Å². The molecule has 1 aromatic rings. The van der Waals surface area contributed by atoms with Gasteiger partial charge in [0, 0.05) is 12.6 Å². The number of hydrogen-bond acceptors (Lipinski definition) is 4. The van der Waals surface area contributed by atoms with E-state index in [1.807, 2.05) is 6.92 Å². The van der Waals surface area contributed by atoms with Crippen LogP contribution in [0.4, 0.5) is 0 Å². The van der Waals surface area contributed by atoms with E-state index >= 15 is 0 Å². The molecule has 1 unspecified atom stereocenters. The molecule has 1 atom stereocenters. The SMILES string of the molecule is CNCc1n[nH]c(C)c1S(=O)(=O)NC(C)CC1CC1. The molecule has 1 fully saturated rings. The van der Waals surface area contributed by atoms with Crippen molar-refractivity contribution < 1.29 is 8.42 Å². The van der Waals surface area contributed by atoms with Gasteiger partial charge in [-0.05, 0) is 33.2 Å². The van der Waals surface area contributed by atoms with Crippen LogP contribution < -0.4 is 10.0 Å². The minimum absolute atomic E-state index is 0.0331. The van der Waals surface area contributed by atoms with Gasteiger partial charge in [0.05, 0.1) is 11.4 Å². The zero-order chi connectivity index (χ0) is 14.0. The van der Waals surface area contributed by atoms with E-state index in [0.29, 0.717) is 23.9 Å². The van der Waals surface area contributed by atoms with Gasteiger partial charge in [-0.15, -0.1) is 0 Å². The Labute approximate surface area is 114 Å². The maximum atomic E-state index is 12.4. The number of H-pyrrole nitrogens is 1. The van der Waals surface area contributed by atoms with Crippen LogP contribution in [0.2, 0.25) is 0 Å². The molecule has 19 heavy (non-hydrogen) atoms. The van der Waals surface area contributed by atoms with E-state index in [9.17, 15) is 8.42 Å². The normalized spacial score (nSPS) is 17.6. The summed E-state index contributed by atoms with van der Waals surface area (Å²) in [6, 6.07) is -0.0331. The van der Waals surface area contributed by atoms with Crippen molar-refractivity contribution in [1.82, 2.24) is 20.2 Å². The van der Waals surface area contributed by atoms with Gasteiger partial charge in [-0.25, -0.2) is 13.1 Å². The number of rotatable bonds is 7. The van der Waals surface area contributed by atoms with Gasteiger partial charge in [0.15, 0.2) is 0 Å². The Hall–Kier alpha value is -0.920. The molecule has 0 spiro atoms. The van der Waals surface area contributed by atoms with Crippen LogP contribution in [-0.4, -0.2) is 31.7 Å². The molecule has 0 bridgehead atoms. The van der Waals surface area contributed by atoms with E-state index in [4.69, 9.17) is 0 Å². The first-order valence-corrected chi connectivity index (χ1v) is 8.13. The first kappa shape index (κ1) is 14.5. The fourth-order valence-corrected chi connectivity index (χ4v) is 3.96. The molecule has 1 aliphatic carbocycles. The van der Waals surface area contributed by atoms with Crippen molar-refractivity contribution in [1.29, 1.82) is 0 Å². The first-order valence-electron chi connectivity index (χ1n) is 6.64. The summed E-state index contributed by atoms with van der Waals surface area (Å²) in [4.78, 5) is 0.282. The third-order valence-corrected chi connectivity index (χ3v) is 5.11. The second kappa shape index (κ2) is 5.60. The van der Waals surface area contributed by atoms with E-state index in [0.717, 1.165) is 6.42 Å². The van der Waals surface area contributed by atoms with Crippen LogP contribution in [0.3, 0.4) is 0 Å². The minimum Gasteiger partial charge on any atom is -0.314 e. The largest absolute Gasteiger partial charge is 0.314 e. The van der Waals surface area contributed by atoms with Crippen LogP contribution in [0, 0.1) is 12.8 Å². The Balaban J connectivity index is 2.15. The molecule has 1 aliphatic rings. The Morgan fingerprint density at radius 3 is 2.74 bits per heavy atom. The van der Waals surface area contributed by atoms with E-state index in [2.05, 4.69) is 20.2 Å². The van der Waals surface area contributed by atoms with E-state index in [1.54, 1.807) is 14.0 Å². The second-order valence-corrected chi connectivity index (χ2v) is 7.01. The quantitative estimate of drug-likeness (QED) is 0.695. The highest BCUT2D eigenvalue weighted by Crippen LogP contribution is 2.33. The van der Waals surface area contributed by atoms with Gasteiger partial charge in [0.1, 0.15) is 4.90 Å². The average Bonchev–Trinajstić information content (AvgIpc) is 3.01. The number of aryl methyl sites for hydroxylation is 1. The van der Waals surface area contributed by atoms with Crippen LogP contribution in [0.5, 0.6) is 0 Å². The monoisotopic (exact) mass is 286 g/mol. The summed E-state index contributed by atoms with van der Waals surface area (Å²) in [6.07, 6.45) is 3.36. The number of sulfonamides is 1. The molecule has 0 aliphatic heterocycles. The maximum Gasteiger partial charge on any atom is 0.244 e. The number of aromatic amines is 1. The van der Waals surface area contributed by atoms with E-state index in [-0.39, 0.29) is 10.9 Å². The summed E-state index contributed by atoms with van der Waals surface area (Å²) in [6.45, 7) is 4.08. The lowest BCUT2D eigenvalue weighted by molar-refractivity contribution is 0.528. The molecule has 2 rings (SSSR count). The number of nitrogens with one attached hydrogen (secondary N) is 3. The molecule has 108 valence electrons. The van der Waals surface area contributed by atoms with Crippen molar-refractivity contribution in [2.75, 3.05) is 7.05 Å². The lowest BCUT2D eigenvalue weighted by Gasteiger charge is -2.14. The highest BCUT2D eigenvalue weighted by Gasteiger charge is 2.29. The van der Waals surface area contributed by atoms with Gasteiger partial charge in [0.25, 0.3) is 0 Å². The van der Waals surface area contributed by atoms with Crippen LogP contribution >= 0.6 is 0 Å². The van der Waals surface area contributed by atoms with Gasteiger partial charge in [-0.1, -0.05) is 12.8 Å². The third kappa shape index (κ3) is 3.55. The third-order valence-electron chi connectivity index (χ3n) is 3.31. The van der Waals surface area contributed by atoms with Crippen molar-refractivity contribution >= 4 is 10.0 Å². The molecule has 0 amide bonds. The maximum absolute atomic E-state index is 12.4. The van der Waals surface area contributed by atoms with Crippen LogP contribution in [0.1, 0.15) is 37.6 Å². The Bertz CT molecular complexity index is 534. The molecule has 0 aromatic carbocycles. The van der Waals surface area contributed by atoms with Crippen LogP contribution in [0.15, 0.2) is 4.90 Å². The summed E-state index contributed by atoms with van der Waals surface area (Å²) >= 11 is 0. The van der Waals surface area contributed by atoms with Crippen molar-refractivity contribution in [2.24, 2.45) is 5.92 Å². The second-order valence-electron chi connectivity index (χ2n) is 5.36. The number of hydrogen-bond donors (Lipinski definition) is 3. The number of nitrogens with zero attached hydrogens (tertiary/aromatic N) is 1. The Morgan fingerprint density at radius 1 is 1.47 bits per heavy atom. The Morgan fingerprint density at radius 2 is 2.16 bits per heavy atom. The summed E-state index contributed by atoms with van der Waals surface area (Å²) in [5.74, 6) is 0.694. The fourth-order valence-electron chi connectivity index (χ4n) is 2.34. The zero-order valence-electron chi connectivity index (χ0n) is 11.7. The molecule has 1 saturated carbocycles. The van der Waals surface area contributed by atoms with Gasteiger partial charge < -0.3 is 5.32 Å². The summed E-state index contributed by atoms with van der Waals surface area (Å²) < 4.78 is 27.6. The fraction of sp³-hybridized carbons (Fsp3) is 0.750.